The molecule has 4 N–H and O–H groups in total. The Hall–Kier alpha value is -2.49. The Bertz CT molecular complexity index is 1230. The fourth-order valence-corrected chi connectivity index (χ4v) is 7.78. The minimum Gasteiger partial charge on any atom is -0.390 e. The van der Waals surface area contributed by atoms with Crippen LogP contribution in [0.2, 0.25) is 0 Å². The summed E-state index contributed by atoms with van der Waals surface area (Å²) in [6, 6.07) is 7.34. The number of aliphatic hydroxyl groups excluding tert-OH is 2. The van der Waals surface area contributed by atoms with Gasteiger partial charge in [-0.1, -0.05) is 76.3 Å². The van der Waals surface area contributed by atoms with Gasteiger partial charge in [-0.2, -0.15) is 0 Å². The van der Waals surface area contributed by atoms with Crippen molar-refractivity contribution in [2.75, 3.05) is 39.0 Å². The lowest BCUT2D eigenvalue weighted by Crippen LogP contribution is -2.56. The van der Waals surface area contributed by atoms with Gasteiger partial charge in [0, 0.05) is 26.6 Å². The predicted octanol–water partition coefficient (Wildman–Crippen LogP) is 2.54. The maximum absolute atomic E-state index is 13.8. The number of likely N-dealkylation sites (tertiary alicyclic amines) is 1. The van der Waals surface area contributed by atoms with Crippen molar-refractivity contribution in [3.05, 3.63) is 35.9 Å². The van der Waals surface area contributed by atoms with E-state index in [9.17, 15) is 28.2 Å². The van der Waals surface area contributed by atoms with E-state index in [0.29, 0.717) is 31.8 Å². The summed E-state index contributed by atoms with van der Waals surface area (Å²) in [5.41, 5.74) is 0.800. The van der Waals surface area contributed by atoms with E-state index >= 15 is 0 Å². The number of benzene rings is 1. The second-order valence-corrected chi connectivity index (χ2v) is 15.8. The first-order valence-electron chi connectivity index (χ1n) is 17.0. The fourth-order valence-electron chi connectivity index (χ4n) is 6.39. The number of hydrogen-bond acceptors (Lipinski definition) is 7. The standard InChI is InChI=1S/C35H56N4O6S/c1-5-13-30(35(43)37-31(24-28-16-10-7-11-17-28)33(41)32(40)22-26(2)3)36-34(42)29(23-27-14-8-6-9-15-27)25-46(44,45)38(4)20-21-39-18-12-19-39/h1,6,8-9,14-15,26,28-33,40-41H,7,10-13,16-25H2,2-4H3,(H,36,42)(H,37,43)/t29-,30+,31+,32+,33-/m1/s1. The molecule has 46 heavy (non-hydrogen) atoms. The second kappa shape index (κ2) is 18.7. The number of rotatable bonds is 19. The molecule has 2 amide bonds. The van der Waals surface area contributed by atoms with Crippen molar-refractivity contribution in [1.29, 1.82) is 0 Å². The molecular formula is C35H56N4O6S. The number of nitrogens with one attached hydrogen (secondary N) is 2. The summed E-state index contributed by atoms with van der Waals surface area (Å²) in [5.74, 6) is 0.390. The molecule has 258 valence electrons. The third-order valence-electron chi connectivity index (χ3n) is 9.38. The van der Waals surface area contributed by atoms with E-state index < -0.39 is 57.8 Å². The first-order chi connectivity index (χ1) is 21.9. The monoisotopic (exact) mass is 660 g/mol. The van der Waals surface area contributed by atoms with Gasteiger partial charge in [-0.15, -0.1) is 12.3 Å². The lowest BCUT2D eigenvalue weighted by molar-refractivity contribution is -0.132. The van der Waals surface area contributed by atoms with Gasteiger partial charge in [0.25, 0.3) is 0 Å². The van der Waals surface area contributed by atoms with Gasteiger partial charge < -0.3 is 25.7 Å². The van der Waals surface area contributed by atoms with Gasteiger partial charge in [0.15, 0.2) is 0 Å². The van der Waals surface area contributed by atoms with Gasteiger partial charge >= 0.3 is 0 Å². The number of carbonyl (C=O) groups excluding carboxylic acids is 2. The predicted molar refractivity (Wildman–Crippen MR) is 181 cm³/mol. The highest BCUT2D eigenvalue weighted by Gasteiger charge is 2.35. The summed E-state index contributed by atoms with van der Waals surface area (Å²) in [7, 11) is -2.26. The Morgan fingerprint density at radius 3 is 2.30 bits per heavy atom. The van der Waals surface area contributed by atoms with Crippen LogP contribution in [0.15, 0.2) is 30.3 Å². The highest BCUT2D eigenvalue weighted by Crippen LogP contribution is 2.29. The van der Waals surface area contributed by atoms with E-state index in [1.165, 1.54) is 11.4 Å². The molecule has 1 aliphatic carbocycles. The normalized spacial score (nSPS) is 19.4. The summed E-state index contributed by atoms with van der Waals surface area (Å²) in [6.45, 7) is 6.80. The number of nitrogens with zero attached hydrogens (tertiary/aromatic N) is 2. The molecule has 1 saturated carbocycles. The van der Waals surface area contributed by atoms with Gasteiger partial charge in [-0.3, -0.25) is 9.59 Å². The molecule has 11 heteroatoms. The van der Waals surface area contributed by atoms with Crippen LogP contribution >= 0.6 is 0 Å². The van der Waals surface area contributed by atoms with Gasteiger partial charge in [0.05, 0.1) is 23.8 Å². The van der Waals surface area contributed by atoms with Crippen LogP contribution in [-0.2, 0) is 26.0 Å². The van der Waals surface area contributed by atoms with Crippen LogP contribution in [0.5, 0.6) is 0 Å². The van der Waals surface area contributed by atoms with Gasteiger partial charge in [-0.25, -0.2) is 12.7 Å². The fraction of sp³-hybridized carbons (Fsp3) is 0.714. The molecule has 3 rings (SSSR count). The van der Waals surface area contributed by atoms with E-state index in [2.05, 4.69) is 21.5 Å². The molecule has 0 aromatic heterocycles. The molecule has 2 aliphatic rings. The van der Waals surface area contributed by atoms with Crippen molar-refractivity contribution in [1.82, 2.24) is 19.8 Å². The summed E-state index contributed by atoms with van der Waals surface area (Å²) in [4.78, 5) is 29.7. The molecule has 0 radical (unpaired) electrons. The molecule has 0 bridgehead atoms. The molecule has 1 aromatic rings. The SMILES string of the molecule is C#CC[C@H](NC(=O)[C@H](Cc1ccccc1)CS(=O)(=O)N(C)CCN1CCC1)C(=O)N[C@@H](CC1CCCCC1)[C@@H](O)[C@@H](O)CC(C)C. The van der Waals surface area contributed by atoms with Crippen LogP contribution in [-0.4, -0.2) is 103 Å². The minimum atomic E-state index is -3.79. The Morgan fingerprint density at radius 1 is 1.04 bits per heavy atom. The summed E-state index contributed by atoms with van der Waals surface area (Å²) in [6.07, 6.45) is 10.8. The Morgan fingerprint density at radius 2 is 1.72 bits per heavy atom. The van der Waals surface area contributed by atoms with Crippen molar-refractivity contribution in [2.24, 2.45) is 17.8 Å². The molecule has 10 nitrogen and oxygen atoms in total. The summed E-state index contributed by atoms with van der Waals surface area (Å²) < 4.78 is 28.1. The number of amides is 2. The van der Waals surface area contributed by atoms with Crippen molar-refractivity contribution in [3.8, 4) is 12.3 Å². The average molecular weight is 661 g/mol. The number of sulfonamides is 1. The van der Waals surface area contributed by atoms with Gasteiger partial charge in [-0.05, 0) is 56.2 Å². The average Bonchev–Trinajstić information content (AvgIpc) is 2.99. The van der Waals surface area contributed by atoms with Crippen molar-refractivity contribution in [2.45, 2.75) is 102 Å². The van der Waals surface area contributed by atoms with E-state index in [1.54, 1.807) is 0 Å². The maximum Gasteiger partial charge on any atom is 0.243 e. The lowest BCUT2D eigenvalue weighted by atomic mass is 9.82. The van der Waals surface area contributed by atoms with Crippen molar-refractivity contribution in [3.63, 3.8) is 0 Å². The van der Waals surface area contributed by atoms with Crippen LogP contribution in [0.25, 0.3) is 0 Å². The van der Waals surface area contributed by atoms with Crippen LogP contribution in [0.4, 0.5) is 0 Å². The van der Waals surface area contributed by atoms with Crippen LogP contribution < -0.4 is 10.6 Å². The van der Waals surface area contributed by atoms with E-state index in [0.717, 1.165) is 57.2 Å². The lowest BCUT2D eigenvalue weighted by Gasteiger charge is -2.33. The molecule has 1 aromatic carbocycles. The molecule has 0 unspecified atom stereocenters. The second-order valence-electron chi connectivity index (χ2n) is 13.7. The molecular weight excluding hydrogens is 604 g/mol. The Kier molecular flexibility index (Phi) is 15.5. The van der Waals surface area contributed by atoms with E-state index in [4.69, 9.17) is 6.42 Å². The first kappa shape index (κ1) is 38.0. The van der Waals surface area contributed by atoms with E-state index in [1.807, 2.05) is 44.2 Å². The zero-order valence-electron chi connectivity index (χ0n) is 27.9. The molecule has 1 saturated heterocycles. The summed E-state index contributed by atoms with van der Waals surface area (Å²) in [5, 5.41) is 27.6. The van der Waals surface area contributed by atoms with Crippen molar-refractivity contribution < 1.29 is 28.2 Å². The number of likely N-dealkylation sites (N-methyl/N-ethyl adjacent to an activating group) is 1. The third kappa shape index (κ3) is 12.3. The quantitative estimate of drug-likeness (QED) is 0.167. The number of carbonyl (C=O) groups is 2. The van der Waals surface area contributed by atoms with E-state index in [-0.39, 0.29) is 18.8 Å². The van der Waals surface area contributed by atoms with Gasteiger partial charge in [0.2, 0.25) is 21.8 Å². The molecule has 0 spiro atoms. The first-order valence-corrected chi connectivity index (χ1v) is 18.6. The smallest absolute Gasteiger partial charge is 0.243 e. The molecule has 1 aliphatic heterocycles. The molecule has 2 fully saturated rings. The van der Waals surface area contributed by atoms with Crippen molar-refractivity contribution >= 4 is 21.8 Å². The molecule has 5 atom stereocenters. The van der Waals surface area contributed by atoms with Crippen LogP contribution in [0.1, 0.15) is 77.2 Å². The molecule has 1 heterocycles. The zero-order valence-corrected chi connectivity index (χ0v) is 28.8. The minimum absolute atomic E-state index is 0.112. The Balaban J connectivity index is 1.76. The largest absolute Gasteiger partial charge is 0.390 e. The zero-order chi connectivity index (χ0) is 33.7. The number of aliphatic hydroxyl groups is 2. The van der Waals surface area contributed by atoms with Crippen LogP contribution in [0, 0.1) is 30.1 Å². The van der Waals surface area contributed by atoms with Crippen LogP contribution in [0.3, 0.4) is 0 Å². The Labute approximate surface area is 276 Å². The maximum atomic E-state index is 13.8. The topological polar surface area (TPSA) is 139 Å². The number of terminal acetylenes is 1. The highest BCUT2D eigenvalue weighted by atomic mass is 32.2. The number of hydrogen-bond donors (Lipinski definition) is 4. The highest BCUT2D eigenvalue weighted by molar-refractivity contribution is 7.89. The summed E-state index contributed by atoms with van der Waals surface area (Å²) >= 11 is 0. The van der Waals surface area contributed by atoms with Gasteiger partial charge in [0.1, 0.15) is 12.1 Å². The third-order valence-corrected chi connectivity index (χ3v) is 11.3.